The summed E-state index contributed by atoms with van der Waals surface area (Å²) in [4.78, 5) is 13.7. The Morgan fingerprint density at radius 2 is 1.79 bits per heavy atom. The summed E-state index contributed by atoms with van der Waals surface area (Å²) in [6.07, 6.45) is 7.90. The third-order valence-corrected chi connectivity index (χ3v) is 3.52. The number of β-lactam (4-membered cyclic amide) rings is 1. The quantitative estimate of drug-likeness (QED) is 0.824. The normalized spacial score (nSPS) is 27.5. The molecule has 1 aromatic rings. The van der Waals surface area contributed by atoms with E-state index in [4.69, 9.17) is 10.5 Å². The molecule has 3 rings (SSSR count). The number of carbonyl (C=O) groups excluding carboxylic acids is 1. The van der Waals surface area contributed by atoms with Gasteiger partial charge in [-0.2, -0.15) is 0 Å². The number of nitrogens with two attached hydrogens (primary N) is 1. The van der Waals surface area contributed by atoms with E-state index in [2.05, 4.69) is 0 Å². The van der Waals surface area contributed by atoms with Gasteiger partial charge in [0.05, 0.1) is 13.2 Å². The van der Waals surface area contributed by atoms with Gasteiger partial charge in [0.1, 0.15) is 11.8 Å². The molecule has 1 saturated carbocycles. The zero-order valence-electron chi connectivity index (χ0n) is 10.6. The Morgan fingerprint density at radius 3 is 2.37 bits per heavy atom. The molecule has 4 nitrogen and oxygen atoms in total. The Balaban J connectivity index is 1.82. The molecule has 2 N–H and O–H groups in total. The summed E-state index contributed by atoms with van der Waals surface area (Å²) in [7, 11) is 1.62. The van der Waals surface area contributed by atoms with Crippen LogP contribution in [0.15, 0.2) is 24.3 Å². The summed E-state index contributed by atoms with van der Waals surface area (Å²) in [6, 6.07) is 6.90. The van der Waals surface area contributed by atoms with Crippen molar-refractivity contribution in [1.82, 2.24) is 0 Å². The molecule has 0 bridgehead atoms. The second-order valence-corrected chi connectivity index (χ2v) is 4.60. The number of rotatable bonds is 3. The molecule has 1 aliphatic heterocycles. The van der Waals surface area contributed by atoms with Crippen molar-refractivity contribution in [3.05, 3.63) is 55.9 Å². The lowest BCUT2D eigenvalue weighted by atomic mass is 9.83. The van der Waals surface area contributed by atoms with E-state index in [-0.39, 0.29) is 11.9 Å². The van der Waals surface area contributed by atoms with Gasteiger partial charge in [-0.25, -0.2) is 0 Å². The smallest absolute Gasteiger partial charge is 0.246 e. The second-order valence-electron chi connectivity index (χ2n) is 4.60. The van der Waals surface area contributed by atoms with Crippen molar-refractivity contribution in [1.29, 1.82) is 0 Å². The van der Waals surface area contributed by atoms with Crippen LogP contribution in [-0.4, -0.2) is 25.1 Å². The van der Waals surface area contributed by atoms with Gasteiger partial charge in [-0.1, -0.05) is 0 Å². The molecule has 1 aliphatic carbocycles. The molecule has 0 aromatic heterocycles. The van der Waals surface area contributed by atoms with Crippen molar-refractivity contribution in [3.8, 4) is 5.75 Å². The molecular formula is C15H15N2O2. The molecule has 97 valence electrons. The fourth-order valence-corrected chi connectivity index (χ4v) is 2.48. The van der Waals surface area contributed by atoms with Crippen molar-refractivity contribution in [2.75, 3.05) is 12.0 Å². The van der Waals surface area contributed by atoms with Crippen LogP contribution in [-0.2, 0) is 4.79 Å². The SMILES string of the molecule is COc1ccc(N2C(=O)[C@H](N)[C@H]2[C]2[CH][CH][CH][CH]2)cc1. The first-order chi connectivity index (χ1) is 9.22. The molecule has 0 spiro atoms. The van der Waals surface area contributed by atoms with Crippen LogP contribution in [0.2, 0.25) is 0 Å². The van der Waals surface area contributed by atoms with Crippen molar-refractivity contribution >= 4 is 11.6 Å². The van der Waals surface area contributed by atoms with E-state index >= 15 is 0 Å². The fourth-order valence-electron chi connectivity index (χ4n) is 2.48. The van der Waals surface area contributed by atoms with Gasteiger partial charge in [-0.15, -0.1) is 0 Å². The summed E-state index contributed by atoms with van der Waals surface area (Å²) >= 11 is 0. The molecule has 2 atom stereocenters. The summed E-state index contributed by atoms with van der Waals surface area (Å²) in [5.41, 5.74) is 6.77. The number of methoxy groups -OCH3 is 1. The highest BCUT2D eigenvalue weighted by atomic mass is 16.5. The first kappa shape index (κ1) is 12.5. The van der Waals surface area contributed by atoms with Gasteiger partial charge < -0.3 is 15.4 Å². The van der Waals surface area contributed by atoms with Crippen molar-refractivity contribution < 1.29 is 9.53 Å². The number of ether oxygens (including phenoxy) is 1. The molecule has 1 amide bonds. The van der Waals surface area contributed by atoms with Gasteiger partial charge in [-0.3, -0.25) is 4.79 Å². The highest BCUT2D eigenvalue weighted by Crippen LogP contribution is 2.39. The van der Waals surface area contributed by atoms with E-state index in [1.54, 1.807) is 12.0 Å². The molecule has 2 fully saturated rings. The lowest BCUT2D eigenvalue weighted by molar-refractivity contribution is -0.125. The number of hydrogen-bond acceptors (Lipinski definition) is 3. The van der Waals surface area contributed by atoms with E-state index in [0.717, 1.165) is 17.4 Å². The molecular weight excluding hydrogens is 240 g/mol. The third-order valence-electron chi connectivity index (χ3n) is 3.52. The molecule has 5 radical (unpaired) electrons. The Kier molecular flexibility index (Phi) is 3.19. The van der Waals surface area contributed by atoms with Crippen LogP contribution in [0.3, 0.4) is 0 Å². The number of anilines is 1. The lowest BCUT2D eigenvalue weighted by Gasteiger charge is -2.48. The molecule has 2 aliphatic rings. The summed E-state index contributed by atoms with van der Waals surface area (Å²) in [5, 5.41) is 0. The number of carbonyl (C=O) groups is 1. The minimum Gasteiger partial charge on any atom is -0.497 e. The minimum absolute atomic E-state index is 0.0450. The average Bonchev–Trinajstić information content (AvgIpc) is 2.97. The molecule has 1 saturated heterocycles. The topological polar surface area (TPSA) is 55.6 Å². The monoisotopic (exact) mass is 255 g/mol. The van der Waals surface area contributed by atoms with Crippen LogP contribution < -0.4 is 15.4 Å². The predicted octanol–water partition coefficient (Wildman–Crippen LogP) is 1.14. The largest absolute Gasteiger partial charge is 0.497 e. The Labute approximate surface area is 113 Å². The van der Waals surface area contributed by atoms with E-state index in [1.165, 1.54) is 0 Å². The zero-order valence-corrected chi connectivity index (χ0v) is 10.6. The summed E-state index contributed by atoms with van der Waals surface area (Å²) in [6.45, 7) is 0. The first-order valence-electron chi connectivity index (χ1n) is 6.16. The number of hydrogen-bond donors (Lipinski definition) is 1. The van der Waals surface area contributed by atoms with Gasteiger partial charge in [-0.05, 0) is 49.9 Å². The Bertz CT molecular complexity index is 466. The maximum absolute atomic E-state index is 12.0. The van der Waals surface area contributed by atoms with Gasteiger partial charge in [0.25, 0.3) is 0 Å². The maximum atomic E-state index is 12.0. The minimum atomic E-state index is -0.454. The standard InChI is InChI=1S/C15H15N2O2/c1-19-12-8-6-11(7-9-12)17-14(13(16)15(17)18)10-4-2-3-5-10/h2-9,13-14H,16H2,1H3/t13-,14-/m1/s1. The summed E-state index contributed by atoms with van der Waals surface area (Å²) < 4.78 is 5.12. The molecule has 19 heavy (non-hydrogen) atoms. The van der Waals surface area contributed by atoms with Crippen LogP contribution in [0.4, 0.5) is 5.69 Å². The van der Waals surface area contributed by atoms with Crippen LogP contribution in [0.25, 0.3) is 0 Å². The van der Waals surface area contributed by atoms with Gasteiger partial charge in [0.2, 0.25) is 5.91 Å². The average molecular weight is 255 g/mol. The number of nitrogens with zero attached hydrogens (tertiary/aromatic N) is 1. The lowest BCUT2D eigenvalue weighted by Crippen LogP contribution is -2.70. The summed E-state index contributed by atoms with van der Waals surface area (Å²) in [5.74, 6) is 1.80. The Hall–Kier alpha value is -1.55. The van der Waals surface area contributed by atoms with Crippen LogP contribution in [0, 0.1) is 31.6 Å². The van der Waals surface area contributed by atoms with Crippen molar-refractivity contribution in [2.24, 2.45) is 5.73 Å². The second kappa shape index (κ2) is 4.85. The molecule has 4 heteroatoms. The number of amides is 1. The highest BCUT2D eigenvalue weighted by molar-refractivity contribution is 6.06. The van der Waals surface area contributed by atoms with Crippen molar-refractivity contribution in [3.63, 3.8) is 0 Å². The predicted molar refractivity (Wildman–Crippen MR) is 72.7 cm³/mol. The van der Waals surface area contributed by atoms with Gasteiger partial charge in [0, 0.05) is 11.6 Å². The zero-order chi connectivity index (χ0) is 13.4. The fraction of sp³-hybridized carbons (Fsp3) is 0.200. The number of benzene rings is 1. The maximum Gasteiger partial charge on any atom is 0.246 e. The van der Waals surface area contributed by atoms with E-state index < -0.39 is 6.04 Å². The molecule has 1 aromatic carbocycles. The van der Waals surface area contributed by atoms with E-state index in [0.29, 0.717) is 0 Å². The first-order valence-corrected chi connectivity index (χ1v) is 6.16. The molecule has 1 heterocycles. The van der Waals surface area contributed by atoms with E-state index in [1.807, 2.05) is 49.9 Å². The van der Waals surface area contributed by atoms with Crippen molar-refractivity contribution in [2.45, 2.75) is 12.1 Å². The van der Waals surface area contributed by atoms with Crippen LogP contribution >= 0.6 is 0 Å². The van der Waals surface area contributed by atoms with E-state index in [9.17, 15) is 4.79 Å². The van der Waals surface area contributed by atoms with Crippen LogP contribution in [0.5, 0.6) is 5.75 Å². The highest BCUT2D eigenvalue weighted by Gasteiger charge is 2.50. The Morgan fingerprint density at radius 1 is 1.16 bits per heavy atom. The van der Waals surface area contributed by atoms with Crippen LogP contribution in [0.1, 0.15) is 0 Å². The van der Waals surface area contributed by atoms with Gasteiger partial charge >= 0.3 is 0 Å². The van der Waals surface area contributed by atoms with Gasteiger partial charge in [0.15, 0.2) is 0 Å². The molecule has 0 unspecified atom stereocenters. The third kappa shape index (κ3) is 2.00.